The molecular weight excluding hydrogens is 204 g/mol. The molecule has 0 atom stereocenters. The first-order chi connectivity index (χ1) is 7.77. The number of hydrogen-bond donors (Lipinski definition) is 0. The van der Waals surface area contributed by atoms with Gasteiger partial charge in [-0.1, -0.05) is 18.2 Å². The Morgan fingerprint density at radius 3 is 2.69 bits per heavy atom. The van der Waals surface area contributed by atoms with Crippen LogP contribution < -0.4 is 4.74 Å². The Kier molecular flexibility index (Phi) is 2.77. The van der Waals surface area contributed by atoms with Crippen LogP contribution >= 0.6 is 0 Å². The summed E-state index contributed by atoms with van der Waals surface area (Å²) in [5.74, 6) is 1.35. The van der Waals surface area contributed by atoms with Crippen LogP contribution in [0.1, 0.15) is 16.1 Å². The van der Waals surface area contributed by atoms with E-state index < -0.39 is 0 Å². The van der Waals surface area contributed by atoms with E-state index in [9.17, 15) is 4.79 Å². The van der Waals surface area contributed by atoms with Crippen LogP contribution in [0.5, 0.6) is 5.75 Å². The molecule has 16 heavy (non-hydrogen) atoms. The monoisotopic (exact) mass is 216 g/mol. The van der Waals surface area contributed by atoms with Crippen molar-refractivity contribution in [3.8, 4) is 16.9 Å². The van der Waals surface area contributed by atoms with Gasteiger partial charge in [-0.05, 0) is 13.0 Å². The van der Waals surface area contributed by atoms with E-state index in [-0.39, 0.29) is 0 Å². The van der Waals surface area contributed by atoms with Gasteiger partial charge in [-0.3, -0.25) is 4.79 Å². The molecule has 0 aliphatic rings. The zero-order valence-electron chi connectivity index (χ0n) is 9.19. The average Bonchev–Trinajstić information content (AvgIpc) is 2.70. The van der Waals surface area contributed by atoms with E-state index in [1.807, 2.05) is 24.3 Å². The van der Waals surface area contributed by atoms with E-state index in [1.54, 1.807) is 20.3 Å². The smallest absolute Gasteiger partial charge is 0.154 e. The van der Waals surface area contributed by atoms with Crippen molar-refractivity contribution in [1.29, 1.82) is 0 Å². The Morgan fingerprint density at radius 1 is 1.25 bits per heavy atom. The molecule has 0 radical (unpaired) electrons. The lowest BCUT2D eigenvalue weighted by Crippen LogP contribution is -1.89. The molecule has 0 bridgehead atoms. The SMILES string of the molecule is COc1ccccc1-c1coc(C)c1C=O. The van der Waals surface area contributed by atoms with Crippen LogP contribution in [0.15, 0.2) is 34.9 Å². The second kappa shape index (κ2) is 4.23. The van der Waals surface area contributed by atoms with Gasteiger partial charge in [-0.25, -0.2) is 0 Å². The Labute approximate surface area is 93.7 Å². The van der Waals surface area contributed by atoms with Crippen molar-refractivity contribution in [2.24, 2.45) is 0 Å². The van der Waals surface area contributed by atoms with Gasteiger partial charge in [-0.15, -0.1) is 0 Å². The number of benzene rings is 1. The summed E-state index contributed by atoms with van der Waals surface area (Å²) in [5.41, 5.74) is 2.21. The van der Waals surface area contributed by atoms with Gasteiger partial charge in [0.25, 0.3) is 0 Å². The van der Waals surface area contributed by atoms with E-state index in [1.165, 1.54) is 0 Å². The van der Waals surface area contributed by atoms with Crippen molar-refractivity contribution < 1.29 is 13.9 Å². The summed E-state index contributed by atoms with van der Waals surface area (Å²) in [4.78, 5) is 11.0. The maximum atomic E-state index is 11.0. The molecule has 0 saturated carbocycles. The number of aryl methyl sites for hydroxylation is 1. The average molecular weight is 216 g/mol. The van der Waals surface area contributed by atoms with Crippen molar-refractivity contribution in [3.63, 3.8) is 0 Å². The summed E-state index contributed by atoms with van der Waals surface area (Å²) < 4.78 is 10.5. The number of para-hydroxylation sites is 1. The van der Waals surface area contributed by atoms with E-state index in [2.05, 4.69) is 0 Å². The van der Waals surface area contributed by atoms with E-state index in [4.69, 9.17) is 9.15 Å². The fourth-order valence-electron chi connectivity index (χ4n) is 1.69. The standard InChI is InChI=1S/C13H12O3/c1-9-11(7-14)12(8-16-9)10-5-3-4-6-13(10)15-2/h3-8H,1-2H3. The second-order valence-electron chi connectivity index (χ2n) is 3.44. The van der Waals surface area contributed by atoms with Crippen molar-refractivity contribution >= 4 is 6.29 Å². The lowest BCUT2D eigenvalue weighted by atomic mass is 10.0. The van der Waals surface area contributed by atoms with Crippen molar-refractivity contribution in [1.82, 2.24) is 0 Å². The maximum absolute atomic E-state index is 11.0. The molecule has 0 spiro atoms. The van der Waals surface area contributed by atoms with Crippen molar-refractivity contribution in [2.75, 3.05) is 7.11 Å². The zero-order valence-corrected chi connectivity index (χ0v) is 9.19. The van der Waals surface area contributed by atoms with E-state index in [0.717, 1.165) is 23.2 Å². The van der Waals surface area contributed by atoms with Crippen LogP contribution in [0.3, 0.4) is 0 Å². The minimum absolute atomic E-state index is 0.574. The quantitative estimate of drug-likeness (QED) is 0.740. The minimum Gasteiger partial charge on any atom is -0.496 e. The highest BCUT2D eigenvalue weighted by Gasteiger charge is 2.14. The summed E-state index contributed by atoms with van der Waals surface area (Å²) in [6.45, 7) is 1.77. The molecular formula is C13H12O3. The molecule has 3 nitrogen and oxygen atoms in total. The van der Waals surface area contributed by atoms with Crippen molar-refractivity contribution in [2.45, 2.75) is 6.92 Å². The molecule has 2 aromatic rings. The summed E-state index contributed by atoms with van der Waals surface area (Å²) in [6.07, 6.45) is 2.39. The van der Waals surface area contributed by atoms with Crippen LogP contribution in [-0.2, 0) is 0 Å². The van der Waals surface area contributed by atoms with Crippen LogP contribution in [0.2, 0.25) is 0 Å². The molecule has 82 valence electrons. The van der Waals surface area contributed by atoms with Gasteiger partial charge in [0.15, 0.2) is 6.29 Å². The highest BCUT2D eigenvalue weighted by molar-refractivity contribution is 5.90. The molecule has 0 saturated heterocycles. The first-order valence-electron chi connectivity index (χ1n) is 4.94. The Hall–Kier alpha value is -2.03. The summed E-state index contributed by atoms with van der Waals surface area (Å²) >= 11 is 0. The number of aldehydes is 1. The molecule has 1 heterocycles. The molecule has 0 aliphatic heterocycles. The number of carbonyl (C=O) groups excluding carboxylic acids is 1. The van der Waals surface area contributed by atoms with Gasteiger partial charge in [0.1, 0.15) is 11.5 Å². The molecule has 0 fully saturated rings. The highest BCUT2D eigenvalue weighted by Crippen LogP contribution is 2.33. The molecule has 0 aliphatic carbocycles. The Bertz CT molecular complexity index is 512. The third kappa shape index (κ3) is 1.60. The van der Waals surface area contributed by atoms with Crippen molar-refractivity contribution in [3.05, 3.63) is 41.9 Å². The molecule has 1 aromatic heterocycles. The molecule has 0 amide bonds. The van der Waals surface area contributed by atoms with Crippen LogP contribution in [-0.4, -0.2) is 13.4 Å². The molecule has 2 rings (SSSR count). The maximum Gasteiger partial charge on any atom is 0.154 e. The lowest BCUT2D eigenvalue weighted by molar-refractivity contribution is 0.112. The minimum atomic E-state index is 0.574. The van der Waals surface area contributed by atoms with Gasteiger partial charge in [0.05, 0.1) is 18.9 Å². The Morgan fingerprint density at radius 2 is 2.00 bits per heavy atom. The number of hydrogen-bond acceptors (Lipinski definition) is 3. The molecule has 0 unspecified atom stereocenters. The summed E-state index contributed by atoms with van der Waals surface area (Å²) in [7, 11) is 1.60. The third-order valence-corrected chi connectivity index (χ3v) is 2.54. The van der Waals surface area contributed by atoms with Gasteiger partial charge in [0.2, 0.25) is 0 Å². The van der Waals surface area contributed by atoms with Crippen LogP contribution in [0.4, 0.5) is 0 Å². The number of rotatable bonds is 3. The van der Waals surface area contributed by atoms with E-state index in [0.29, 0.717) is 11.3 Å². The van der Waals surface area contributed by atoms with E-state index >= 15 is 0 Å². The molecule has 1 aromatic carbocycles. The number of ether oxygens (including phenoxy) is 1. The van der Waals surface area contributed by atoms with Crippen LogP contribution in [0.25, 0.3) is 11.1 Å². The zero-order chi connectivity index (χ0) is 11.5. The Balaban J connectivity index is 2.62. The summed E-state index contributed by atoms with van der Waals surface area (Å²) in [6, 6.07) is 7.53. The van der Waals surface area contributed by atoms with Gasteiger partial charge in [-0.2, -0.15) is 0 Å². The van der Waals surface area contributed by atoms with Gasteiger partial charge in [0, 0.05) is 11.1 Å². The predicted octanol–water partition coefficient (Wildman–Crippen LogP) is 3.08. The number of furan rings is 1. The number of methoxy groups -OCH3 is 1. The number of carbonyl (C=O) groups is 1. The van der Waals surface area contributed by atoms with Crippen LogP contribution in [0, 0.1) is 6.92 Å². The molecule has 3 heteroatoms. The first kappa shape index (κ1) is 10.5. The largest absolute Gasteiger partial charge is 0.496 e. The predicted molar refractivity (Wildman–Crippen MR) is 60.8 cm³/mol. The third-order valence-electron chi connectivity index (χ3n) is 2.54. The first-order valence-corrected chi connectivity index (χ1v) is 4.94. The second-order valence-corrected chi connectivity index (χ2v) is 3.44. The van der Waals surface area contributed by atoms with Gasteiger partial charge < -0.3 is 9.15 Å². The van der Waals surface area contributed by atoms with Gasteiger partial charge >= 0.3 is 0 Å². The fraction of sp³-hybridized carbons (Fsp3) is 0.154. The topological polar surface area (TPSA) is 39.4 Å². The molecule has 0 N–H and O–H groups in total. The normalized spacial score (nSPS) is 10.1. The highest BCUT2D eigenvalue weighted by atomic mass is 16.5. The fourth-order valence-corrected chi connectivity index (χ4v) is 1.69. The summed E-state index contributed by atoms with van der Waals surface area (Å²) in [5, 5.41) is 0. The lowest BCUT2D eigenvalue weighted by Gasteiger charge is -2.06.